The minimum Gasteiger partial charge on any atom is -0.267 e. The molecule has 0 amide bonds. The summed E-state index contributed by atoms with van der Waals surface area (Å²) in [4.78, 5) is 15.7. The summed E-state index contributed by atoms with van der Waals surface area (Å²) in [5.74, 6) is -0.125. The van der Waals surface area contributed by atoms with Crippen LogP contribution in [0.1, 0.15) is 36.1 Å². The number of nitro benzene ring substituents is 1. The van der Waals surface area contributed by atoms with Crippen LogP contribution < -0.4 is 0 Å². The predicted octanol–water partition coefficient (Wildman–Crippen LogP) is 5.73. The molecule has 0 fully saturated rings. The van der Waals surface area contributed by atoms with Gasteiger partial charge in [-0.15, -0.1) is 0 Å². The molecule has 2 aromatic carbocycles. The van der Waals surface area contributed by atoms with Crippen molar-refractivity contribution in [1.82, 2.24) is 14.8 Å². The van der Waals surface area contributed by atoms with Gasteiger partial charge in [0.15, 0.2) is 0 Å². The van der Waals surface area contributed by atoms with Crippen LogP contribution >= 0.6 is 0 Å². The molecule has 0 radical (unpaired) electrons. The average molecular weight is 418 g/mol. The fraction of sp³-hybridized carbons (Fsp3) is 0.250. The Bertz CT molecular complexity index is 1260. The summed E-state index contributed by atoms with van der Waals surface area (Å²) in [6.07, 6.45) is 2.98. The topological polar surface area (TPSA) is 73.8 Å². The summed E-state index contributed by atoms with van der Waals surface area (Å²) in [5.41, 5.74) is 5.09. The van der Waals surface area contributed by atoms with Crippen LogP contribution in [0.3, 0.4) is 0 Å². The van der Waals surface area contributed by atoms with Crippen molar-refractivity contribution in [2.45, 2.75) is 32.6 Å². The summed E-state index contributed by atoms with van der Waals surface area (Å²) in [7, 11) is 1.79. The standard InChI is InChI=1S/C24H23FN4O2/c1-15(17-6-8-20(25)9-7-17)4-5-18-13-21-23(14-22(18)29(30)31)28(3)27-24(21)19-10-11-26-16(2)12-19/h6-15H,4-5H2,1-3H3/t15-/m0/s1. The lowest BCUT2D eigenvalue weighted by atomic mass is 9.93. The van der Waals surface area contributed by atoms with Gasteiger partial charge in [0.25, 0.3) is 5.69 Å². The summed E-state index contributed by atoms with van der Waals surface area (Å²) in [5, 5.41) is 17.3. The van der Waals surface area contributed by atoms with E-state index in [1.165, 1.54) is 12.1 Å². The number of nitro groups is 1. The molecule has 0 unspecified atom stereocenters. The maximum absolute atomic E-state index is 13.2. The van der Waals surface area contributed by atoms with Crippen molar-refractivity contribution < 1.29 is 9.31 Å². The van der Waals surface area contributed by atoms with Gasteiger partial charge in [0, 0.05) is 41.5 Å². The Kier molecular flexibility index (Phi) is 5.50. The highest BCUT2D eigenvalue weighted by Gasteiger charge is 2.21. The van der Waals surface area contributed by atoms with Gasteiger partial charge in [0.1, 0.15) is 11.5 Å². The molecule has 0 aliphatic carbocycles. The molecular weight excluding hydrogens is 395 g/mol. The summed E-state index contributed by atoms with van der Waals surface area (Å²) in [6, 6.07) is 13.8. The molecule has 0 aliphatic rings. The van der Waals surface area contributed by atoms with Gasteiger partial charge in [0.2, 0.25) is 0 Å². The zero-order valence-corrected chi connectivity index (χ0v) is 17.7. The van der Waals surface area contributed by atoms with Crippen LogP contribution in [0.25, 0.3) is 22.2 Å². The highest BCUT2D eigenvalue weighted by molar-refractivity contribution is 5.95. The Morgan fingerprint density at radius 3 is 2.58 bits per heavy atom. The lowest BCUT2D eigenvalue weighted by molar-refractivity contribution is -0.385. The Balaban J connectivity index is 1.73. The van der Waals surface area contributed by atoms with E-state index >= 15 is 0 Å². The van der Waals surface area contributed by atoms with Crippen LogP contribution in [-0.4, -0.2) is 19.7 Å². The van der Waals surface area contributed by atoms with Crippen molar-refractivity contribution >= 4 is 16.6 Å². The number of benzene rings is 2. The van der Waals surface area contributed by atoms with Crippen LogP contribution in [0.5, 0.6) is 0 Å². The number of fused-ring (bicyclic) bond motifs is 1. The molecule has 4 aromatic rings. The molecule has 7 heteroatoms. The Labute approximate surface area is 179 Å². The van der Waals surface area contributed by atoms with Crippen molar-refractivity contribution in [3.63, 3.8) is 0 Å². The van der Waals surface area contributed by atoms with Crippen LogP contribution in [-0.2, 0) is 13.5 Å². The second-order valence-corrected chi connectivity index (χ2v) is 7.90. The van der Waals surface area contributed by atoms with Crippen LogP contribution in [0, 0.1) is 22.9 Å². The van der Waals surface area contributed by atoms with E-state index in [0.29, 0.717) is 23.9 Å². The molecule has 31 heavy (non-hydrogen) atoms. The van der Waals surface area contributed by atoms with E-state index in [4.69, 9.17) is 0 Å². The van der Waals surface area contributed by atoms with E-state index in [9.17, 15) is 14.5 Å². The molecule has 158 valence electrons. The SMILES string of the molecule is Cc1cc(-c2nn(C)c3cc([N+](=O)[O-])c(CC[C@H](C)c4ccc(F)cc4)cc23)ccn1. The van der Waals surface area contributed by atoms with Crippen molar-refractivity contribution in [1.29, 1.82) is 0 Å². The van der Waals surface area contributed by atoms with Crippen LogP contribution in [0.15, 0.2) is 54.7 Å². The van der Waals surface area contributed by atoms with E-state index in [1.807, 2.05) is 32.0 Å². The van der Waals surface area contributed by atoms with Gasteiger partial charge < -0.3 is 0 Å². The van der Waals surface area contributed by atoms with Crippen LogP contribution in [0.4, 0.5) is 10.1 Å². The zero-order chi connectivity index (χ0) is 22.1. The summed E-state index contributed by atoms with van der Waals surface area (Å²) < 4.78 is 14.9. The molecule has 4 rings (SSSR count). The normalized spacial score (nSPS) is 12.3. The van der Waals surface area contributed by atoms with Gasteiger partial charge in [0.05, 0.1) is 10.4 Å². The largest absolute Gasteiger partial charge is 0.274 e. The van der Waals surface area contributed by atoms with Gasteiger partial charge in [-0.2, -0.15) is 5.10 Å². The third-order valence-electron chi connectivity index (χ3n) is 5.70. The molecule has 0 saturated heterocycles. The fourth-order valence-electron chi connectivity index (χ4n) is 3.94. The smallest absolute Gasteiger partial charge is 0.267 e. The number of hydrogen-bond acceptors (Lipinski definition) is 4. The number of halogens is 1. The maximum atomic E-state index is 13.2. The van der Waals surface area contributed by atoms with Gasteiger partial charge in [-0.1, -0.05) is 19.1 Å². The van der Waals surface area contributed by atoms with E-state index in [0.717, 1.165) is 27.9 Å². The molecule has 0 bridgehead atoms. The lowest BCUT2D eigenvalue weighted by Gasteiger charge is -2.12. The molecule has 0 N–H and O–H groups in total. The monoisotopic (exact) mass is 418 g/mol. The predicted molar refractivity (Wildman–Crippen MR) is 118 cm³/mol. The van der Waals surface area contributed by atoms with Gasteiger partial charge in [-0.05, 0) is 61.6 Å². The summed E-state index contributed by atoms with van der Waals surface area (Å²) in [6.45, 7) is 3.97. The summed E-state index contributed by atoms with van der Waals surface area (Å²) >= 11 is 0. The van der Waals surface area contributed by atoms with Gasteiger partial charge in [-0.25, -0.2) is 4.39 Å². The molecular formula is C24H23FN4O2. The highest BCUT2D eigenvalue weighted by atomic mass is 19.1. The first kappa shape index (κ1) is 20.7. The van der Waals surface area contributed by atoms with Crippen molar-refractivity contribution in [3.8, 4) is 11.3 Å². The van der Waals surface area contributed by atoms with E-state index < -0.39 is 0 Å². The fourth-order valence-corrected chi connectivity index (χ4v) is 3.94. The van der Waals surface area contributed by atoms with Gasteiger partial charge >= 0.3 is 0 Å². The Hall–Kier alpha value is -3.61. The lowest BCUT2D eigenvalue weighted by Crippen LogP contribution is -2.01. The first-order valence-electron chi connectivity index (χ1n) is 10.2. The molecule has 0 spiro atoms. The minimum atomic E-state index is -0.333. The zero-order valence-electron chi connectivity index (χ0n) is 17.7. The molecule has 6 nitrogen and oxygen atoms in total. The Morgan fingerprint density at radius 1 is 1.16 bits per heavy atom. The third-order valence-corrected chi connectivity index (χ3v) is 5.70. The molecule has 0 saturated carbocycles. The quantitative estimate of drug-likeness (QED) is 0.296. The van der Waals surface area contributed by atoms with Crippen molar-refractivity contribution in [2.75, 3.05) is 0 Å². The number of pyridine rings is 1. The number of nitrogens with zero attached hydrogens (tertiary/aromatic N) is 4. The molecule has 2 heterocycles. The van der Waals surface area contributed by atoms with Gasteiger partial charge in [-0.3, -0.25) is 19.8 Å². The third kappa shape index (κ3) is 4.17. The number of rotatable bonds is 6. The van der Waals surface area contributed by atoms with Crippen molar-refractivity contribution in [3.05, 3.63) is 87.5 Å². The number of aryl methyl sites for hydroxylation is 3. The molecule has 0 aliphatic heterocycles. The second kappa shape index (κ2) is 8.26. The van der Waals surface area contributed by atoms with E-state index in [1.54, 1.807) is 36.1 Å². The molecule has 2 aromatic heterocycles. The maximum Gasteiger partial charge on any atom is 0.274 e. The first-order valence-corrected chi connectivity index (χ1v) is 10.2. The average Bonchev–Trinajstić information content (AvgIpc) is 3.07. The van der Waals surface area contributed by atoms with Crippen LogP contribution in [0.2, 0.25) is 0 Å². The Morgan fingerprint density at radius 2 is 1.90 bits per heavy atom. The van der Waals surface area contributed by atoms with Crippen molar-refractivity contribution in [2.24, 2.45) is 7.05 Å². The van der Waals surface area contributed by atoms with E-state index in [-0.39, 0.29) is 22.3 Å². The second-order valence-electron chi connectivity index (χ2n) is 7.90. The number of hydrogen-bond donors (Lipinski definition) is 0. The van der Waals surface area contributed by atoms with E-state index in [2.05, 4.69) is 10.1 Å². The highest BCUT2D eigenvalue weighted by Crippen LogP contribution is 2.34. The number of aromatic nitrogens is 3. The molecule has 1 atom stereocenters. The minimum absolute atomic E-state index is 0.0965. The first-order chi connectivity index (χ1) is 14.8.